The van der Waals surface area contributed by atoms with Gasteiger partial charge in [-0.15, -0.1) is 6.58 Å². The van der Waals surface area contributed by atoms with Crippen molar-refractivity contribution in [2.75, 3.05) is 27.2 Å². The molecule has 3 nitrogen and oxygen atoms in total. The summed E-state index contributed by atoms with van der Waals surface area (Å²) in [4.78, 5) is 4.50. The van der Waals surface area contributed by atoms with Gasteiger partial charge in [0.2, 0.25) is 0 Å². The van der Waals surface area contributed by atoms with Gasteiger partial charge in [0.25, 0.3) is 0 Å². The number of likely N-dealkylation sites (tertiary alicyclic amines) is 1. The van der Waals surface area contributed by atoms with Gasteiger partial charge in [0, 0.05) is 25.2 Å². The van der Waals surface area contributed by atoms with E-state index in [0.29, 0.717) is 12.1 Å². The fraction of sp³-hybridized carbons (Fsp3) is 0.818. The van der Waals surface area contributed by atoms with E-state index < -0.39 is 0 Å². The molecule has 14 heavy (non-hydrogen) atoms. The highest BCUT2D eigenvalue weighted by Crippen LogP contribution is 2.21. The molecule has 0 aromatic carbocycles. The molecule has 0 aromatic heterocycles. The molecule has 0 radical (unpaired) electrons. The fourth-order valence-electron chi connectivity index (χ4n) is 2.15. The first-order chi connectivity index (χ1) is 6.54. The number of hydrogen-bond donors (Lipinski definition) is 1. The molecular formula is C11H22N2O. The van der Waals surface area contributed by atoms with Crippen LogP contribution in [0.15, 0.2) is 12.7 Å². The van der Waals surface area contributed by atoms with E-state index in [-0.39, 0.29) is 6.10 Å². The minimum atomic E-state index is -0.164. The average molecular weight is 198 g/mol. The zero-order valence-electron chi connectivity index (χ0n) is 9.48. The standard InChI is InChI=1S/C11H22N2O/c1-5-9(2)13-8-11(14)6-10(13)7-12(3)4/h5,9-11,14H,1,6-8H2,2-4H3. The third kappa shape index (κ3) is 2.80. The van der Waals surface area contributed by atoms with Crippen LogP contribution in [-0.4, -0.2) is 60.3 Å². The number of aliphatic hydroxyl groups excluding tert-OH is 1. The van der Waals surface area contributed by atoms with Crippen LogP contribution in [0, 0.1) is 0 Å². The highest BCUT2D eigenvalue weighted by Gasteiger charge is 2.32. The Bertz CT molecular complexity index is 194. The number of nitrogens with zero attached hydrogens (tertiary/aromatic N) is 2. The summed E-state index contributed by atoms with van der Waals surface area (Å²) in [6.45, 7) is 7.73. The van der Waals surface area contributed by atoms with Gasteiger partial charge >= 0.3 is 0 Å². The molecule has 0 amide bonds. The maximum absolute atomic E-state index is 9.63. The summed E-state index contributed by atoms with van der Waals surface area (Å²) in [7, 11) is 4.14. The lowest BCUT2D eigenvalue weighted by atomic mass is 10.1. The first kappa shape index (κ1) is 11.7. The van der Waals surface area contributed by atoms with Crippen molar-refractivity contribution in [2.24, 2.45) is 0 Å². The first-order valence-electron chi connectivity index (χ1n) is 5.25. The lowest BCUT2D eigenvalue weighted by molar-refractivity contribution is 0.160. The monoisotopic (exact) mass is 198 g/mol. The fourth-order valence-corrected chi connectivity index (χ4v) is 2.15. The van der Waals surface area contributed by atoms with E-state index in [0.717, 1.165) is 19.5 Å². The number of likely N-dealkylation sites (N-methyl/N-ethyl adjacent to an activating group) is 1. The van der Waals surface area contributed by atoms with Gasteiger partial charge < -0.3 is 10.0 Å². The molecule has 0 saturated carbocycles. The average Bonchev–Trinajstić information content (AvgIpc) is 2.44. The van der Waals surface area contributed by atoms with Gasteiger partial charge in [-0.3, -0.25) is 4.90 Å². The summed E-state index contributed by atoms with van der Waals surface area (Å²) in [6.07, 6.45) is 2.67. The third-order valence-corrected chi connectivity index (χ3v) is 2.87. The first-order valence-corrected chi connectivity index (χ1v) is 5.25. The SMILES string of the molecule is C=CC(C)N1CC(O)CC1CN(C)C. The molecule has 1 fully saturated rings. The Morgan fingerprint density at radius 2 is 2.29 bits per heavy atom. The van der Waals surface area contributed by atoms with Crippen LogP contribution in [0.1, 0.15) is 13.3 Å². The maximum atomic E-state index is 9.63. The number of rotatable bonds is 4. The van der Waals surface area contributed by atoms with Crippen molar-refractivity contribution >= 4 is 0 Å². The summed E-state index contributed by atoms with van der Waals surface area (Å²) >= 11 is 0. The molecule has 0 aliphatic carbocycles. The van der Waals surface area contributed by atoms with Crippen molar-refractivity contribution in [3.8, 4) is 0 Å². The van der Waals surface area contributed by atoms with Gasteiger partial charge in [0.1, 0.15) is 0 Å². The molecule has 1 aliphatic rings. The van der Waals surface area contributed by atoms with Crippen molar-refractivity contribution in [3.05, 3.63) is 12.7 Å². The third-order valence-electron chi connectivity index (χ3n) is 2.87. The Kier molecular flexibility index (Phi) is 4.11. The van der Waals surface area contributed by atoms with Crippen LogP contribution >= 0.6 is 0 Å². The number of β-amino-alcohol motifs (C(OH)–C–C–N with tert-alkyl or cyclic N) is 1. The van der Waals surface area contributed by atoms with Crippen LogP contribution < -0.4 is 0 Å². The minimum Gasteiger partial charge on any atom is -0.392 e. The second-order valence-electron chi connectivity index (χ2n) is 4.48. The summed E-state index contributed by atoms with van der Waals surface area (Å²) in [5.41, 5.74) is 0. The Balaban J connectivity index is 2.57. The van der Waals surface area contributed by atoms with E-state index in [1.54, 1.807) is 0 Å². The summed E-state index contributed by atoms with van der Waals surface area (Å²) in [5.74, 6) is 0. The molecule has 82 valence electrons. The molecule has 1 aliphatic heterocycles. The Morgan fingerprint density at radius 1 is 1.64 bits per heavy atom. The van der Waals surface area contributed by atoms with Crippen LogP contribution in [0.5, 0.6) is 0 Å². The van der Waals surface area contributed by atoms with E-state index >= 15 is 0 Å². The molecule has 1 heterocycles. The Labute approximate surface area is 87.0 Å². The molecule has 3 unspecified atom stereocenters. The van der Waals surface area contributed by atoms with E-state index in [4.69, 9.17) is 0 Å². The highest BCUT2D eigenvalue weighted by atomic mass is 16.3. The van der Waals surface area contributed by atoms with Gasteiger partial charge in [0.05, 0.1) is 6.10 Å². The maximum Gasteiger partial charge on any atom is 0.0682 e. The van der Waals surface area contributed by atoms with Crippen molar-refractivity contribution in [1.29, 1.82) is 0 Å². The topological polar surface area (TPSA) is 26.7 Å². The molecule has 0 aromatic rings. The van der Waals surface area contributed by atoms with Crippen molar-refractivity contribution < 1.29 is 5.11 Å². The second-order valence-corrected chi connectivity index (χ2v) is 4.48. The predicted octanol–water partition coefficient (Wildman–Crippen LogP) is 0.558. The normalized spacial score (nSPS) is 30.9. The number of aliphatic hydroxyl groups is 1. The molecule has 1 saturated heterocycles. The molecule has 0 bridgehead atoms. The minimum absolute atomic E-state index is 0.164. The highest BCUT2D eigenvalue weighted by molar-refractivity contribution is 4.95. The molecule has 3 heteroatoms. The van der Waals surface area contributed by atoms with E-state index in [1.807, 2.05) is 6.08 Å². The molecule has 0 spiro atoms. The Morgan fingerprint density at radius 3 is 2.79 bits per heavy atom. The van der Waals surface area contributed by atoms with E-state index in [1.165, 1.54) is 0 Å². The van der Waals surface area contributed by atoms with E-state index in [9.17, 15) is 5.11 Å². The van der Waals surface area contributed by atoms with Gasteiger partial charge in [-0.25, -0.2) is 0 Å². The van der Waals surface area contributed by atoms with Crippen LogP contribution in [0.4, 0.5) is 0 Å². The van der Waals surface area contributed by atoms with Crippen LogP contribution in [-0.2, 0) is 0 Å². The smallest absolute Gasteiger partial charge is 0.0682 e. The second kappa shape index (κ2) is 4.91. The van der Waals surface area contributed by atoms with Gasteiger partial charge in [-0.05, 0) is 27.4 Å². The quantitative estimate of drug-likeness (QED) is 0.669. The molecule has 1 N–H and O–H groups in total. The summed E-state index contributed by atoms with van der Waals surface area (Å²) in [6, 6.07) is 0.824. The van der Waals surface area contributed by atoms with Crippen LogP contribution in [0.25, 0.3) is 0 Å². The number of hydrogen-bond acceptors (Lipinski definition) is 3. The zero-order chi connectivity index (χ0) is 10.7. The lowest BCUT2D eigenvalue weighted by Crippen LogP contribution is -2.41. The van der Waals surface area contributed by atoms with Gasteiger partial charge in [0.15, 0.2) is 0 Å². The van der Waals surface area contributed by atoms with Crippen LogP contribution in [0.2, 0.25) is 0 Å². The summed E-state index contributed by atoms with van der Waals surface area (Å²) in [5, 5.41) is 9.63. The molecule has 1 rings (SSSR count). The van der Waals surface area contributed by atoms with Gasteiger partial charge in [-0.2, -0.15) is 0 Å². The van der Waals surface area contributed by atoms with Crippen molar-refractivity contribution in [2.45, 2.75) is 31.5 Å². The largest absolute Gasteiger partial charge is 0.392 e. The molecular weight excluding hydrogens is 176 g/mol. The zero-order valence-corrected chi connectivity index (χ0v) is 9.48. The molecule has 3 atom stereocenters. The van der Waals surface area contributed by atoms with Crippen molar-refractivity contribution in [1.82, 2.24) is 9.80 Å². The van der Waals surface area contributed by atoms with Crippen LogP contribution in [0.3, 0.4) is 0 Å². The van der Waals surface area contributed by atoms with E-state index in [2.05, 4.69) is 37.4 Å². The van der Waals surface area contributed by atoms with Crippen molar-refractivity contribution in [3.63, 3.8) is 0 Å². The Hall–Kier alpha value is -0.380. The predicted molar refractivity (Wildman–Crippen MR) is 59.3 cm³/mol. The summed E-state index contributed by atoms with van der Waals surface area (Å²) < 4.78 is 0. The van der Waals surface area contributed by atoms with Gasteiger partial charge in [-0.1, -0.05) is 6.08 Å². The lowest BCUT2D eigenvalue weighted by Gasteiger charge is -2.30.